The Morgan fingerprint density at radius 3 is 2.40 bits per heavy atom. The third kappa shape index (κ3) is 4.60. The largest absolute Gasteiger partial charge is 0.362 e. The molecule has 2 heterocycles. The third-order valence-electron chi connectivity index (χ3n) is 6.72. The fraction of sp³-hybridized carbons (Fsp3) is 0.241. The molecule has 6 heteroatoms. The van der Waals surface area contributed by atoms with E-state index in [0.29, 0.717) is 12.0 Å². The quantitative estimate of drug-likeness (QED) is 0.379. The van der Waals surface area contributed by atoms with E-state index in [9.17, 15) is 9.59 Å². The minimum absolute atomic E-state index is 0.117. The fourth-order valence-electron chi connectivity index (χ4n) is 5.21. The molecule has 178 valence electrons. The Balaban J connectivity index is 1.60. The first-order valence-corrected chi connectivity index (χ1v) is 13.8. The van der Waals surface area contributed by atoms with E-state index in [0.717, 1.165) is 38.8 Å². The third-order valence-corrected chi connectivity index (χ3v) is 8.94. The number of para-hydroxylation sites is 1. The zero-order chi connectivity index (χ0) is 24.5. The molecule has 2 atom stereocenters. The topological polar surface area (TPSA) is 58.2 Å². The number of carbonyl (C=O) groups is 2. The van der Waals surface area contributed by atoms with Crippen molar-refractivity contribution < 1.29 is 9.59 Å². The van der Waals surface area contributed by atoms with Crippen molar-refractivity contribution >= 4 is 40.5 Å². The molecule has 1 aliphatic carbocycles. The Hall–Kier alpha value is -3.09. The number of thioether (sulfide) groups is 1. The van der Waals surface area contributed by atoms with Gasteiger partial charge in [0.2, 0.25) is 0 Å². The van der Waals surface area contributed by atoms with E-state index in [2.05, 4.69) is 42.0 Å². The predicted octanol–water partition coefficient (Wildman–Crippen LogP) is 6.78. The molecule has 1 amide bonds. The second-order valence-electron chi connectivity index (χ2n) is 9.05. The van der Waals surface area contributed by atoms with Crippen LogP contribution in [0.25, 0.3) is 0 Å². The van der Waals surface area contributed by atoms with E-state index in [1.165, 1.54) is 10.4 Å². The van der Waals surface area contributed by atoms with Gasteiger partial charge in [0.05, 0.1) is 4.21 Å². The summed E-state index contributed by atoms with van der Waals surface area (Å²) < 4.78 is 1.15. The van der Waals surface area contributed by atoms with Gasteiger partial charge in [-0.3, -0.25) is 9.59 Å². The maximum Gasteiger partial charge on any atom is 0.254 e. The van der Waals surface area contributed by atoms with Crippen LogP contribution >= 0.6 is 23.1 Å². The van der Waals surface area contributed by atoms with Gasteiger partial charge in [0, 0.05) is 45.4 Å². The number of amides is 1. The molecular weight excluding hydrogens is 472 g/mol. The number of allylic oxidation sites excluding steroid dienone is 3. The zero-order valence-electron chi connectivity index (χ0n) is 20.1. The lowest BCUT2D eigenvalue weighted by Gasteiger charge is -2.37. The van der Waals surface area contributed by atoms with E-state index in [4.69, 9.17) is 0 Å². The van der Waals surface area contributed by atoms with Gasteiger partial charge in [-0.1, -0.05) is 48.5 Å². The monoisotopic (exact) mass is 500 g/mol. The van der Waals surface area contributed by atoms with Gasteiger partial charge in [0.15, 0.2) is 5.78 Å². The first-order valence-electron chi connectivity index (χ1n) is 11.8. The second kappa shape index (κ2) is 9.88. The lowest BCUT2D eigenvalue weighted by molar-refractivity contribution is -0.116. The first-order chi connectivity index (χ1) is 17.0. The fourth-order valence-corrected chi connectivity index (χ4v) is 7.12. The number of ketones is 1. The normalized spacial score (nSPS) is 19.9. The molecule has 1 aromatic heterocycles. The summed E-state index contributed by atoms with van der Waals surface area (Å²) in [6.07, 6.45) is 3.26. The van der Waals surface area contributed by atoms with Gasteiger partial charge in [0.25, 0.3) is 5.91 Å². The van der Waals surface area contributed by atoms with Crippen molar-refractivity contribution in [3.63, 3.8) is 0 Å². The molecule has 4 nitrogen and oxygen atoms in total. The number of dihydropyridines is 1. The zero-order valence-corrected chi connectivity index (χ0v) is 21.7. The van der Waals surface area contributed by atoms with E-state index in [1.54, 1.807) is 23.1 Å². The molecule has 0 spiro atoms. The molecule has 2 aromatic carbocycles. The molecule has 0 fully saturated rings. The van der Waals surface area contributed by atoms with Crippen molar-refractivity contribution in [2.75, 3.05) is 11.6 Å². The highest BCUT2D eigenvalue weighted by molar-refractivity contribution is 8.00. The van der Waals surface area contributed by atoms with Crippen LogP contribution in [0.5, 0.6) is 0 Å². The Kier molecular flexibility index (Phi) is 6.67. The number of hydrogen-bond acceptors (Lipinski definition) is 5. The Labute approximate surface area is 214 Å². The number of carbonyl (C=O) groups excluding carboxylic acids is 2. The standard InChI is InChI=1S/C29H28N2O2S2/c1-17-14-22(29(34-3)35-17)26-25(28(33)31-21-12-8-5-9-13-21)18(2)30-23-15-20(16-24(32)27(23)26)19-10-6-4-7-11-19/h4-14,20,26,30H,15-16H2,1-3H3,(H,31,33)/t20-,26+/m0/s1. The lowest BCUT2D eigenvalue weighted by atomic mass is 9.72. The summed E-state index contributed by atoms with van der Waals surface area (Å²) in [6, 6.07) is 21.9. The van der Waals surface area contributed by atoms with E-state index < -0.39 is 0 Å². The SMILES string of the molecule is CSc1sc(C)cc1[C@@H]1C(C(=O)Nc2ccccc2)=C(C)NC2=C1C(=O)C[C@@H](c1ccccc1)C2. The lowest BCUT2D eigenvalue weighted by Crippen LogP contribution is -2.37. The van der Waals surface area contributed by atoms with Crippen LogP contribution in [0.3, 0.4) is 0 Å². The number of Topliss-reactive ketones (excluding diaryl/α,β-unsaturated/α-hetero) is 1. The van der Waals surface area contributed by atoms with E-state index in [1.807, 2.05) is 55.5 Å². The molecule has 2 N–H and O–H groups in total. The summed E-state index contributed by atoms with van der Waals surface area (Å²) >= 11 is 3.40. The van der Waals surface area contributed by atoms with Crippen molar-refractivity contribution in [3.05, 3.63) is 105 Å². The summed E-state index contributed by atoms with van der Waals surface area (Å²) in [5, 5.41) is 6.54. The molecule has 5 rings (SSSR count). The molecule has 3 aromatic rings. The second-order valence-corrected chi connectivity index (χ2v) is 11.4. The Morgan fingerprint density at radius 2 is 1.71 bits per heavy atom. The van der Waals surface area contributed by atoms with Crippen LogP contribution in [-0.4, -0.2) is 17.9 Å². The van der Waals surface area contributed by atoms with Crippen molar-refractivity contribution in [2.45, 2.75) is 42.7 Å². The van der Waals surface area contributed by atoms with Crippen molar-refractivity contribution in [1.82, 2.24) is 5.32 Å². The summed E-state index contributed by atoms with van der Waals surface area (Å²) in [7, 11) is 0. The molecular formula is C29H28N2O2S2. The summed E-state index contributed by atoms with van der Waals surface area (Å²) in [6.45, 7) is 4.03. The minimum Gasteiger partial charge on any atom is -0.362 e. The average Bonchev–Trinajstić information content (AvgIpc) is 3.24. The van der Waals surface area contributed by atoms with Crippen LogP contribution in [0.2, 0.25) is 0 Å². The number of rotatable bonds is 5. The maximum atomic E-state index is 13.8. The molecule has 0 radical (unpaired) electrons. The van der Waals surface area contributed by atoms with Gasteiger partial charge in [-0.2, -0.15) is 0 Å². The number of thiophene rings is 1. The smallest absolute Gasteiger partial charge is 0.254 e. The van der Waals surface area contributed by atoms with Gasteiger partial charge in [-0.05, 0) is 61.8 Å². The Morgan fingerprint density at radius 1 is 1.03 bits per heavy atom. The van der Waals surface area contributed by atoms with Crippen molar-refractivity contribution in [1.29, 1.82) is 0 Å². The molecule has 2 aliphatic rings. The number of hydrogen-bond donors (Lipinski definition) is 2. The highest BCUT2D eigenvalue weighted by atomic mass is 32.2. The van der Waals surface area contributed by atoms with Gasteiger partial charge in [-0.15, -0.1) is 23.1 Å². The van der Waals surface area contributed by atoms with Crippen LogP contribution in [0.4, 0.5) is 5.69 Å². The summed E-state index contributed by atoms with van der Waals surface area (Å²) in [5.74, 6) is -0.309. The number of nitrogens with one attached hydrogen (secondary N) is 2. The molecule has 0 unspecified atom stereocenters. The molecule has 35 heavy (non-hydrogen) atoms. The van der Waals surface area contributed by atoms with Gasteiger partial charge in [-0.25, -0.2) is 0 Å². The van der Waals surface area contributed by atoms with Crippen molar-refractivity contribution in [2.24, 2.45) is 0 Å². The van der Waals surface area contributed by atoms with Crippen molar-refractivity contribution in [3.8, 4) is 0 Å². The van der Waals surface area contributed by atoms with Crippen LogP contribution in [0, 0.1) is 6.92 Å². The number of aryl methyl sites for hydroxylation is 1. The van der Waals surface area contributed by atoms with E-state index in [-0.39, 0.29) is 23.5 Å². The molecule has 0 saturated heterocycles. The minimum atomic E-state index is -0.383. The molecule has 0 bridgehead atoms. The predicted molar refractivity (Wildman–Crippen MR) is 145 cm³/mol. The molecule has 1 aliphatic heterocycles. The van der Waals surface area contributed by atoms with Crippen LogP contribution < -0.4 is 10.6 Å². The van der Waals surface area contributed by atoms with Crippen LogP contribution in [0.1, 0.15) is 47.6 Å². The van der Waals surface area contributed by atoms with E-state index >= 15 is 0 Å². The molecule has 0 saturated carbocycles. The van der Waals surface area contributed by atoms with Gasteiger partial charge in [0.1, 0.15) is 0 Å². The summed E-state index contributed by atoms with van der Waals surface area (Å²) in [4.78, 5) is 28.6. The maximum absolute atomic E-state index is 13.8. The van der Waals surface area contributed by atoms with Gasteiger partial charge < -0.3 is 10.6 Å². The number of benzene rings is 2. The highest BCUT2D eigenvalue weighted by Crippen LogP contribution is 2.49. The van der Waals surface area contributed by atoms with Gasteiger partial charge >= 0.3 is 0 Å². The first kappa shape index (κ1) is 23.6. The average molecular weight is 501 g/mol. The number of anilines is 1. The van der Waals surface area contributed by atoms with Crippen LogP contribution in [-0.2, 0) is 9.59 Å². The summed E-state index contributed by atoms with van der Waals surface area (Å²) in [5.41, 5.74) is 6.09. The van der Waals surface area contributed by atoms with Crippen LogP contribution in [0.15, 0.2) is 93.5 Å². The Bertz CT molecular complexity index is 1340. The highest BCUT2D eigenvalue weighted by Gasteiger charge is 2.42.